The van der Waals surface area contributed by atoms with E-state index in [0.29, 0.717) is 22.2 Å². The molecule has 2 heterocycles. The maximum atomic E-state index is 12.8. The smallest absolute Gasteiger partial charge is 0.335 e. The van der Waals surface area contributed by atoms with E-state index in [1.165, 1.54) is 29.0 Å². The number of Topliss-reactive ketones (excluding diaryl/α,β-unsaturated/α-hetero) is 1. The minimum atomic E-state index is -0.979. The predicted molar refractivity (Wildman–Crippen MR) is 135 cm³/mol. The highest BCUT2D eigenvalue weighted by Gasteiger charge is 2.16. The van der Waals surface area contributed by atoms with Gasteiger partial charge in [0.25, 0.3) is 5.56 Å². The van der Waals surface area contributed by atoms with Crippen LogP contribution in [0.3, 0.4) is 0 Å². The molecule has 0 atom stereocenters. The number of thiophene rings is 1. The van der Waals surface area contributed by atoms with Crippen molar-refractivity contribution in [3.8, 4) is 0 Å². The summed E-state index contributed by atoms with van der Waals surface area (Å²) in [6, 6.07) is 14.7. The van der Waals surface area contributed by atoms with E-state index in [9.17, 15) is 14.4 Å². The van der Waals surface area contributed by atoms with E-state index in [1.54, 1.807) is 12.1 Å². The molecule has 4 rings (SSSR count). The van der Waals surface area contributed by atoms with Crippen LogP contribution in [0.1, 0.15) is 63.0 Å². The van der Waals surface area contributed by atoms with Gasteiger partial charge in [-0.3, -0.25) is 9.59 Å². The average Bonchev–Trinajstić information content (AvgIpc) is 3.27. The number of hydrogen-bond acceptors (Lipinski definition) is 6. The Morgan fingerprint density at radius 2 is 1.77 bits per heavy atom. The Labute approximate surface area is 206 Å². The van der Waals surface area contributed by atoms with Crippen LogP contribution in [0.2, 0.25) is 0 Å². The lowest BCUT2D eigenvalue weighted by Crippen LogP contribution is -2.16. The van der Waals surface area contributed by atoms with Crippen molar-refractivity contribution in [2.45, 2.75) is 45.8 Å². The SMILES string of the molecule is CCCc1cccc(CCC(=O)c2nc3scc(COCc4ccc(C(=O)O)cc4)c3c(=O)[nH]2)c1. The molecule has 0 saturated carbocycles. The van der Waals surface area contributed by atoms with Gasteiger partial charge in [-0.2, -0.15) is 0 Å². The van der Waals surface area contributed by atoms with Gasteiger partial charge >= 0.3 is 5.97 Å². The minimum Gasteiger partial charge on any atom is -0.478 e. The number of fused-ring (bicyclic) bond motifs is 1. The number of aromatic nitrogens is 2. The number of carboxylic acids is 1. The largest absolute Gasteiger partial charge is 0.478 e. The van der Waals surface area contributed by atoms with Crippen molar-refractivity contribution in [2.24, 2.45) is 0 Å². The molecule has 2 N–H and O–H groups in total. The molecule has 0 aliphatic heterocycles. The number of carbonyl (C=O) groups excluding carboxylic acids is 1. The molecule has 0 aliphatic rings. The van der Waals surface area contributed by atoms with Gasteiger partial charge in [0, 0.05) is 12.0 Å². The first-order chi connectivity index (χ1) is 16.9. The van der Waals surface area contributed by atoms with Crippen LogP contribution >= 0.6 is 11.3 Å². The molecule has 0 fully saturated rings. The lowest BCUT2D eigenvalue weighted by atomic mass is 10.0. The quantitative estimate of drug-likeness (QED) is 0.281. The second-order valence-electron chi connectivity index (χ2n) is 8.34. The van der Waals surface area contributed by atoms with E-state index in [-0.39, 0.29) is 42.4 Å². The monoisotopic (exact) mass is 490 g/mol. The maximum Gasteiger partial charge on any atom is 0.335 e. The van der Waals surface area contributed by atoms with Gasteiger partial charge in [0.1, 0.15) is 4.83 Å². The molecule has 180 valence electrons. The number of H-pyrrole nitrogens is 1. The van der Waals surface area contributed by atoms with Gasteiger partial charge in [-0.05, 0) is 47.0 Å². The molecule has 35 heavy (non-hydrogen) atoms. The summed E-state index contributed by atoms with van der Waals surface area (Å²) in [5, 5.41) is 11.2. The predicted octanol–water partition coefficient (Wildman–Crippen LogP) is 5.17. The summed E-state index contributed by atoms with van der Waals surface area (Å²) in [5.74, 6) is -1.09. The van der Waals surface area contributed by atoms with Crippen LogP contribution in [-0.4, -0.2) is 26.8 Å². The van der Waals surface area contributed by atoms with Gasteiger partial charge in [-0.1, -0.05) is 49.7 Å². The molecule has 0 bridgehead atoms. The van der Waals surface area contributed by atoms with Gasteiger partial charge < -0.3 is 14.8 Å². The maximum absolute atomic E-state index is 12.8. The molecule has 2 aromatic carbocycles. The van der Waals surface area contributed by atoms with E-state index in [2.05, 4.69) is 29.0 Å². The van der Waals surface area contributed by atoms with E-state index < -0.39 is 5.97 Å². The number of aromatic carboxylic acids is 1. The number of benzene rings is 2. The Kier molecular flexibility index (Phi) is 7.84. The number of carbonyl (C=O) groups is 2. The number of aromatic amines is 1. The zero-order chi connectivity index (χ0) is 24.8. The first-order valence-corrected chi connectivity index (χ1v) is 12.3. The Balaban J connectivity index is 1.39. The fourth-order valence-corrected chi connectivity index (χ4v) is 4.80. The van der Waals surface area contributed by atoms with E-state index >= 15 is 0 Å². The van der Waals surface area contributed by atoms with Crippen molar-refractivity contribution in [1.29, 1.82) is 0 Å². The molecule has 0 saturated heterocycles. The van der Waals surface area contributed by atoms with Crippen LogP contribution in [0.5, 0.6) is 0 Å². The number of nitrogens with one attached hydrogen (secondary N) is 1. The molecule has 2 aromatic heterocycles. The number of ketones is 1. The number of hydrogen-bond donors (Lipinski definition) is 2. The van der Waals surface area contributed by atoms with E-state index in [0.717, 1.165) is 24.0 Å². The zero-order valence-electron chi connectivity index (χ0n) is 19.4. The van der Waals surface area contributed by atoms with Crippen molar-refractivity contribution in [2.75, 3.05) is 0 Å². The number of aryl methyl sites for hydroxylation is 2. The van der Waals surface area contributed by atoms with Gasteiger partial charge in [0.15, 0.2) is 11.6 Å². The highest BCUT2D eigenvalue weighted by molar-refractivity contribution is 7.16. The molecule has 7 nitrogen and oxygen atoms in total. The van der Waals surface area contributed by atoms with Gasteiger partial charge in [-0.25, -0.2) is 9.78 Å². The Morgan fingerprint density at radius 3 is 2.49 bits per heavy atom. The molecule has 0 spiro atoms. The van der Waals surface area contributed by atoms with Crippen LogP contribution < -0.4 is 5.56 Å². The van der Waals surface area contributed by atoms with E-state index in [4.69, 9.17) is 9.84 Å². The average molecular weight is 491 g/mol. The van der Waals surface area contributed by atoms with Gasteiger partial charge in [0.2, 0.25) is 0 Å². The molecular weight excluding hydrogens is 464 g/mol. The highest BCUT2D eigenvalue weighted by Crippen LogP contribution is 2.23. The van der Waals surface area contributed by atoms with Gasteiger partial charge in [-0.15, -0.1) is 11.3 Å². The Morgan fingerprint density at radius 1 is 1.03 bits per heavy atom. The lowest BCUT2D eigenvalue weighted by molar-refractivity contribution is 0.0696. The summed E-state index contributed by atoms with van der Waals surface area (Å²) >= 11 is 1.30. The lowest BCUT2D eigenvalue weighted by Gasteiger charge is -2.05. The number of rotatable bonds is 11. The van der Waals surface area contributed by atoms with Crippen LogP contribution in [0.4, 0.5) is 0 Å². The third-order valence-electron chi connectivity index (χ3n) is 5.68. The summed E-state index contributed by atoms with van der Waals surface area (Å²) in [6.45, 7) is 2.61. The van der Waals surface area contributed by atoms with Gasteiger partial charge in [0.05, 0.1) is 24.2 Å². The van der Waals surface area contributed by atoms with Crippen LogP contribution in [0.25, 0.3) is 10.2 Å². The molecule has 8 heteroatoms. The van der Waals surface area contributed by atoms with Crippen molar-refractivity contribution in [3.63, 3.8) is 0 Å². The van der Waals surface area contributed by atoms with E-state index in [1.807, 2.05) is 17.5 Å². The van der Waals surface area contributed by atoms with Crippen molar-refractivity contribution in [1.82, 2.24) is 9.97 Å². The third-order valence-corrected chi connectivity index (χ3v) is 6.60. The summed E-state index contributed by atoms with van der Waals surface area (Å²) in [4.78, 5) is 44.0. The Hall–Kier alpha value is -3.62. The molecule has 0 amide bonds. The number of nitrogens with zero attached hydrogens (tertiary/aromatic N) is 1. The van der Waals surface area contributed by atoms with Crippen LogP contribution in [-0.2, 0) is 30.8 Å². The number of ether oxygens (including phenoxy) is 1. The summed E-state index contributed by atoms with van der Waals surface area (Å²) in [6.07, 6.45) is 2.94. The standard InChI is InChI=1S/C27H26N2O5S/c1-2-4-17-5-3-6-18(13-17)9-12-22(30)24-28-25(31)23-21(16-35-26(23)29-24)15-34-14-19-7-10-20(11-8-19)27(32)33/h3,5-8,10-11,13,16H,2,4,9,12,14-15H2,1H3,(H,32,33)(H,28,29,31). The second-order valence-corrected chi connectivity index (χ2v) is 9.20. The van der Waals surface area contributed by atoms with Crippen molar-refractivity contribution >= 4 is 33.3 Å². The highest BCUT2D eigenvalue weighted by atomic mass is 32.1. The van der Waals surface area contributed by atoms with Crippen LogP contribution in [0, 0.1) is 0 Å². The first-order valence-electron chi connectivity index (χ1n) is 11.5. The van der Waals surface area contributed by atoms with Crippen LogP contribution in [0.15, 0.2) is 58.7 Å². The third kappa shape index (κ3) is 6.09. The molecule has 4 aromatic rings. The zero-order valence-corrected chi connectivity index (χ0v) is 20.2. The fourth-order valence-electron chi connectivity index (χ4n) is 3.87. The topological polar surface area (TPSA) is 109 Å². The molecular formula is C27H26N2O5S. The second kappa shape index (κ2) is 11.2. The normalized spacial score (nSPS) is 11.1. The first kappa shape index (κ1) is 24.5. The Bertz CT molecular complexity index is 1410. The summed E-state index contributed by atoms with van der Waals surface area (Å²) < 4.78 is 5.73. The fraction of sp³-hybridized carbons (Fsp3) is 0.259. The van der Waals surface area contributed by atoms with Crippen molar-refractivity contribution in [3.05, 3.63) is 97.9 Å². The summed E-state index contributed by atoms with van der Waals surface area (Å²) in [7, 11) is 0. The minimum absolute atomic E-state index is 0.0834. The molecule has 0 unspecified atom stereocenters. The molecule has 0 aliphatic carbocycles. The molecule has 0 radical (unpaired) electrons. The van der Waals surface area contributed by atoms with Crippen molar-refractivity contribution < 1.29 is 19.4 Å². The number of carboxylic acid groups (broad SMARTS) is 1. The summed E-state index contributed by atoms with van der Waals surface area (Å²) in [5.41, 5.74) is 3.75.